The van der Waals surface area contributed by atoms with Crippen LogP contribution in [0.3, 0.4) is 0 Å². The van der Waals surface area contributed by atoms with Crippen molar-refractivity contribution in [1.29, 1.82) is 0 Å². The molecular formula is C23H24N4O2S. The standard InChI is InChI=1S/C23H24N4O2S/c28-21(24-19-11-12-27(15-19)14-17-7-3-1-4-8-17)13-20-16-30-23(25-20)26-22(29)18-9-5-2-6-10-18/h1-10,16,19H,11-15H2,(H,24,28)(H,25,26,29)/t19-/m1/s1. The number of anilines is 1. The Morgan fingerprint density at radius 3 is 2.57 bits per heavy atom. The number of nitrogens with one attached hydrogen (secondary N) is 2. The van der Waals surface area contributed by atoms with Gasteiger partial charge in [-0.2, -0.15) is 0 Å². The Hall–Kier alpha value is -3.03. The Bertz CT molecular complexity index is 991. The molecule has 1 atom stereocenters. The van der Waals surface area contributed by atoms with Gasteiger partial charge < -0.3 is 5.32 Å². The third kappa shape index (κ3) is 5.52. The number of aromatic nitrogens is 1. The van der Waals surface area contributed by atoms with E-state index >= 15 is 0 Å². The fourth-order valence-corrected chi connectivity index (χ4v) is 4.29. The molecule has 2 N–H and O–H groups in total. The van der Waals surface area contributed by atoms with E-state index in [1.54, 1.807) is 12.1 Å². The molecule has 0 bridgehead atoms. The molecule has 30 heavy (non-hydrogen) atoms. The Balaban J connectivity index is 1.23. The van der Waals surface area contributed by atoms with Crippen LogP contribution < -0.4 is 10.6 Å². The van der Waals surface area contributed by atoms with E-state index in [1.165, 1.54) is 16.9 Å². The molecule has 1 aliphatic rings. The summed E-state index contributed by atoms with van der Waals surface area (Å²) in [5, 5.41) is 8.22. The minimum atomic E-state index is -0.203. The Morgan fingerprint density at radius 1 is 1.07 bits per heavy atom. The average Bonchev–Trinajstić information content (AvgIpc) is 3.38. The van der Waals surface area contributed by atoms with Gasteiger partial charge in [0.1, 0.15) is 0 Å². The number of carbonyl (C=O) groups excluding carboxylic acids is 2. The molecule has 0 radical (unpaired) electrons. The lowest BCUT2D eigenvalue weighted by Crippen LogP contribution is -2.37. The van der Waals surface area contributed by atoms with E-state index in [2.05, 4.69) is 44.8 Å². The monoisotopic (exact) mass is 420 g/mol. The van der Waals surface area contributed by atoms with E-state index in [0.29, 0.717) is 16.4 Å². The summed E-state index contributed by atoms with van der Waals surface area (Å²) in [6.45, 7) is 2.74. The highest BCUT2D eigenvalue weighted by atomic mass is 32.1. The minimum Gasteiger partial charge on any atom is -0.352 e. The van der Waals surface area contributed by atoms with Crippen LogP contribution in [0, 0.1) is 0 Å². The molecule has 154 valence electrons. The van der Waals surface area contributed by atoms with Crippen molar-refractivity contribution in [1.82, 2.24) is 15.2 Å². The SMILES string of the molecule is O=C(Cc1csc(NC(=O)c2ccccc2)n1)N[C@@H]1CCN(Cc2ccccc2)C1. The summed E-state index contributed by atoms with van der Waals surface area (Å²) in [7, 11) is 0. The zero-order chi connectivity index (χ0) is 20.8. The molecule has 4 rings (SSSR count). The highest BCUT2D eigenvalue weighted by Gasteiger charge is 2.24. The van der Waals surface area contributed by atoms with Crippen LogP contribution in [0.4, 0.5) is 5.13 Å². The summed E-state index contributed by atoms with van der Waals surface area (Å²) in [4.78, 5) is 31.4. The molecule has 1 fully saturated rings. The van der Waals surface area contributed by atoms with E-state index in [4.69, 9.17) is 0 Å². The van der Waals surface area contributed by atoms with Crippen molar-refractivity contribution in [3.8, 4) is 0 Å². The van der Waals surface area contributed by atoms with Gasteiger partial charge in [0.25, 0.3) is 5.91 Å². The fraction of sp³-hybridized carbons (Fsp3) is 0.261. The van der Waals surface area contributed by atoms with Gasteiger partial charge in [0, 0.05) is 36.6 Å². The van der Waals surface area contributed by atoms with Crippen LogP contribution in [0.25, 0.3) is 0 Å². The van der Waals surface area contributed by atoms with Gasteiger partial charge in [-0.25, -0.2) is 4.98 Å². The van der Waals surface area contributed by atoms with Crippen LogP contribution in [0.1, 0.15) is 28.0 Å². The first-order valence-corrected chi connectivity index (χ1v) is 10.9. The highest BCUT2D eigenvalue weighted by Crippen LogP contribution is 2.18. The summed E-state index contributed by atoms with van der Waals surface area (Å²) in [5.41, 5.74) is 2.53. The minimum absolute atomic E-state index is 0.0344. The van der Waals surface area contributed by atoms with Crippen LogP contribution in [0.15, 0.2) is 66.0 Å². The maximum Gasteiger partial charge on any atom is 0.257 e. The number of hydrogen-bond acceptors (Lipinski definition) is 5. The summed E-state index contributed by atoms with van der Waals surface area (Å²) in [6.07, 6.45) is 1.17. The summed E-state index contributed by atoms with van der Waals surface area (Å²) in [5.74, 6) is -0.238. The van der Waals surface area contributed by atoms with E-state index in [0.717, 1.165) is 26.1 Å². The predicted octanol–water partition coefficient (Wildman–Crippen LogP) is 3.33. The number of rotatable bonds is 7. The van der Waals surface area contributed by atoms with Crippen molar-refractivity contribution < 1.29 is 9.59 Å². The van der Waals surface area contributed by atoms with Crippen molar-refractivity contribution in [3.05, 3.63) is 82.9 Å². The van der Waals surface area contributed by atoms with Crippen molar-refractivity contribution in [2.24, 2.45) is 0 Å². The molecule has 3 aromatic rings. The molecule has 6 nitrogen and oxygen atoms in total. The highest BCUT2D eigenvalue weighted by molar-refractivity contribution is 7.14. The summed E-state index contributed by atoms with van der Waals surface area (Å²) in [6, 6.07) is 19.5. The van der Waals surface area contributed by atoms with Crippen LogP contribution in [-0.4, -0.2) is 40.8 Å². The molecule has 0 saturated carbocycles. The number of benzene rings is 2. The van der Waals surface area contributed by atoms with Gasteiger partial charge in [0.05, 0.1) is 12.1 Å². The second-order valence-electron chi connectivity index (χ2n) is 7.41. The van der Waals surface area contributed by atoms with Crippen LogP contribution in [-0.2, 0) is 17.8 Å². The molecule has 2 heterocycles. The third-order valence-corrected chi connectivity index (χ3v) is 5.84. The molecular weight excluding hydrogens is 396 g/mol. The summed E-state index contributed by atoms with van der Waals surface area (Å²) >= 11 is 1.33. The van der Waals surface area contributed by atoms with Gasteiger partial charge in [0.15, 0.2) is 5.13 Å². The van der Waals surface area contributed by atoms with Gasteiger partial charge in [-0.3, -0.25) is 19.8 Å². The van der Waals surface area contributed by atoms with Crippen LogP contribution in [0.5, 0.6) is 0 Å². The number of carbonyl (C=O) groups is 2. The second-order valence-corrected chi connectivity index (χ2v) is 8.27. The molecule has 0 spiro atoms. The zero-order valence-corrected chi connectivity index (χ0v) is 17.4. The number of hydrogen-bond donors (Lipinski definition) is 2. The van der Waals surface area contributed by atoms with Gasteiger partial charge >= 0.3 is 0 Å². The molecule has 1 saturated heterocycles. The van der Waals surface area contributed by atoms with Gasteiger partial charge in [-0.15, -0.1) is 11.3 Å². The van der Waals surface area contributed by atoms with Gasteiger partial charge in [-0.1, -0.05) is 48.5 Å². The van der Waals surface area contributed by atoms with Crippen molar-refractivity contribution in [2.45, 2.75) is 25.4 Å². The molecule has 0 unspecified atom stereocenters. The lowest BCUT2D eigenvalue weighted by atomic mass is 10.2. The Kier molecular flexibility index (Phi) is 6.51. The van der Waals surface area contributed by atoms with Crippen molar-refractivity contribution in [2.75, 3.05) is 18.4 Å². The van der Waals surface area contributed by atoms with Crippen molar-refractivity contribution >= 4 is 28.3 Å². The normalized spacial score (nSPS) is 16.3. The maximum absolute atomic E-state index is 12.4. The summed E-state index contributed by atoms with van der Waals surface area (Å²) < 4.78 is 0. The number of nitrogens with zero attached hydrogens (tertiary/aromatic N) is 2. The second kappa shape index (κ2) is 9.65. The predicted molar refractivity (Wildman–Crippen MR) is 118 cm³/mol. The lowest BCUT2D eigenvalue weighted by Gasteiger charge is -2.16. The first kappa shape index (κ1) is 20.3. The third-order valence-electron chi connectivity index (χ3n) is 5.04. The average molecular weight is 421 g/mol. The van der Waals surface area contributed by atoms with Crippen molar-refractivity contribution in [3.63, 3.8) is 0 Å². The quantitative estimate of drug-likeness (QED) is 0.615. The molecule has 7 heteroatoms. The van der Waals surface area contributed by atoms with E-state index in [9.17, 15) is 9.59 Å². The molecule has 2 aromatic carbocycles. The molecule has 1 aliphatic heterocycles. The Labute approximate surface area is 180 Å². The first-order chi connectivity index (χ1) is 14.7. The molecule has 0 aliphatic carbocycles. The zero-order valence-electron chi connectivity index (χ0n) is 16.6. The first-order valence-electron chi connectivity index (χ1n) is 10.0. The number of thiazole rings is 1. The maximum atomic E-state index is 12.4. The number of amides is 2. The fourth-order valence-electron chi connectivity index (χ4n) is 3.58. The van der Waals surface area contributed by atoms with E-state index in [-0.39, 0.29) is 24.3 Å². The number of likely N-dealkylation sites (tertiary alicyclic amines) is 1. The topological polar surface area (TPSA) is 74.3 Å². The van der Waals surface area contributed by atoms with E-state index in [1.807, 2.05) is 29.6 Å². The van der Waals surface area contributed by atoms with Gasteiger partial charge in [-0.05, 0) is 24.1 Å². The molecule has 2 amide bonds. The Morgan fingerprint density at radius 2 is 1.80 bits per heavy atom. The van der Waals surface area contributed by atoms with Gasteiger partial charge in [0.2, 0.25) is 5.91 Å². The van der Waals surface area contributed by atoms with Crippen LogP contribution >= 0.6 is 11.3 Å². The van der Waals surface area contributed by atoms with E-state index < -0.39 is 0 Å². The largest absolute Gasteiger partial charge is 0.352 e. The molecule has 1 aromatic heterocycles. The lowest BCUT2D eigenvalue weighted by molar-refractivity contribution is -0.121. The van der Waals surface area contributed by atoms with Crippen LogP contribution in [0.2, 0.25) is 0 Å². The smallest absolute Gasteiger partial charge is 0.257 e.